The van der Waals surface area contributed by atoms with Crippen molar-refractivity contribution >= 4 is 23.7 Å². The number of carbonyl (C=O) groups excluding carboxylic acids is 4. The van der Waals surface area contributed by atoms with E-state index in [0.29, 0.717) is 45.2 Å². The summed E-state index contributed by atoms with van der Waals surface area (Å²) in [6.45, 7) is 1.87. The van der Waals surface area contributed by atoms with Gasteiger partial charge in [-0.3, -0.25) is 14.4 Å². The van der Waals surface area contributed by atoms with Crippen LogP contribution in [0, 0.1) is 0 Å². The summed E-state index contributed by atoms with van der Waals surface area (Å²) in [5.74, 6) is -1.82. The molecule has 0 aromatic rings. The number of nitrogens with two attached hydrogens (primary N) is 2. The molecule has 0 spiro atoms. The molecule has 0 aliphatic heterocycles. The van der Waals surface area contributed by atoms with Crippen LogP contribution >= 0.6 is 0 Å². The van der Waals surface area contributed by atoms with Crippen molar-refractivity contribution in [3.63, 3.8) is 0 Å². The highest BCUT2D eigenvalue weighted by Crippen LogP contribution is 2.04. The molecule has 0 aliphatic carbocycles. The number of carbonyl (C=O) groups is 4. The number of amides is 3. The van der Waals surface area contributed by atoms with Gasteiger partial charge in [0.1, 0.15) is 18.7 Å². The number of hydrogen-bond acceptors (Lipinski definition) is 9. The summed E-state index contributed by atoms with van der Waals surface area (Å²) in [4.78, 5) is 47.8. The Morgan fingerprint density at radius 2 is 1.71 bits per heavy atom. The molecule has 12 heteroatoms. The topological polar surface area (TPSA) is 195 Å². The van der Waals surface area contributed by atoms with Crippen LogP contribution in [0.3, 0.4) is 0 Å². The molecule has 12 nitrogen and oxygen atoms in total. The number of aliphatic hydroxyl groups excluding tert-OH is 1. The van der Waals surface area contributed by atoms with E-state index in [1.54, 1.807) is 0 Å². The summed E-state index contributed by atoms with van der Waals surface area (Å²) >= 11 is 0. The number of rotatable bonds is 17. The molecule has 0 saturated heterocycles. The van der Waals surface area contributed by atoms with Gasteiger partial charge in [0.05, 0.1) is 6.54 Å². The average Bonchev–Trinajstić information content (AvgIpc) is 2.75. The Hall–Kier alpha value is -2.28. The van der Waals surface area contributed by atoms with Crippen molar-refractivity contribution in [3.8, 4) is 0 Å². The number of esters is 1. The Kier molecular flexibility index (Phi) is 16.1. The lowest BCUT2D eigenvalue weighted by Crippen LogP contribution is -2.51. The Bertz CT molecular complexity index is 562. The molecule has 2 unspecified atom stereocenters. The Labute approximate surface area is 182 Å². The summed E-state index contributed by atoms with van der Waals surface area (Å²) in [7, 11) is 1.26. The van der Waals surface area contributed by atoms with Gasteiger partial charge >= 0.3 is 5.97 Å². The number of hydrogen-bond donors (Lipinski definition) is 6. The van der Waals surface area contributed by atoms with Crippen LogP contribution in [0.1, 0.15) is 45.4 Å². The Morgan fingerprint density at radius 1 is 1.00 bits per heavy atom. The van der Waals surface area contributed by atoms with Crippen LogP contribution in [-0.2, 0) is 28.7 Å². The fourth-order valence-corrected chi connectivity index (χ4v) is 2.46. The van der Waals surface area contributed by atoms with E-state index in [1.165, 1.54) is 14.0 Å². The van der Waals surface area contributed by atoms with Crippen LogP contribution in [0.4, 0.5) is 0 Å². The molecule has 180 valence electrons. The second-order valence-electron chi connectivity index (χ2n) is 6.97. The molecule has 0 aliphatic rings. The highest BCUT2D eigenvalue weighted by molar-refractivity contribution is 5.90. The smallest absolute Gasteiger partial charge is 0.328 e. The molecular weight excluding hydrogens is 410 g/mol. The fourth-order valence-electron chi connectivity index (χ4n) is 2.46. The highest BCUT2D eigenvalue weighted by atomic mass is 16.6. The number of methoxy groups -OCH3 is 1. The molecule has 0 rings (SSSR count). The van der Waals surface area contributed by atoms with Gasteiger partial charge in [0.25, 0.3) is 0 Å². The quantitative estimate of drug-likeness (QED) is 0.0819. The second-order valence-corrected chi connectivity index (χ2v) is 6.97. The van der Waals surface area contributed by atoms with E-state index in [-0.39, 0.29) is 31.4 Å². The maximum atomic E-state index is 12.6. The van der Waals surface area contributed by atoms with Gasteiger partial charge in [0.2, 0.25) is 17.7 Å². The van der Waals surface area contributed by atoms with Gasteiger partial charge in [-0.15, -0.1) is 0 Å². The maximum absolute atomic E-state index is 12.6. The van der Waals surface area contributed by atoms with Crippen molar-refractivity contribution in [3.05, 3.63) is 0 Å². The molecule has 0 bridgehead atoms. The molecule has 0 heterocycles. The summed E-state index contributed by atoms with van der Waals surface area (Å²) in [6, 6.07) is -1.80. The number of nitrogens with one attached hydrogen (secondary N) is 3. The van der Waals surface area contributed by atoms with Gasteiger partial charge < -0.3 is 42.0 Å². The van der Waals surface area contributed by atoms with Crippen LogP contribution in [0.5, 0.6) is 0 Å². The van der Waals surface area contributed by atoms with E-state index >= 15 is 0 Å². The molecule has 8 N–H and O–H groups in total. The first kappa shape index (κ1) is 28.7. The molecule has 3 amide bonds. The van der Waals surface area contributed by atoms with E-state index in [4.69, 9.17) is 16.2 Å². The zero-order valence-corrected chi connectivity index (χ0v) is 18.4. The highest BCUT2D eigenvalue weighted by Gasteiger charge is 2.25. The first-order chi connectivity index (χ1) is 14.7. The van der Waals surface area contributed by atoms with Gasteiger partial charge in [-0.25, -0.2) is 4.79 Å². The van der Waals surface area contributed by atoms with Crippen molar-refractivity contribution in [2.45, 2.75) is 63.8 Å². The van der Waals surface area contributed by atoms with Gasteiger partial charge in [-0.2, -0.15) is 0 Å². The molecule has 0 radical (unpaired) electrons. The van der Waals surface area contributed by atoms with Crippen molar-refractivity contribution in [1.82, 2.24) is 16.0 Å². The van der Waals surface area contributed by atoms with Gasteiger partial charge in [0.15, 0.2) is 6.29 Å². The summed E-state index contributed by atoms with van der Waals surface area (Å²) < 4.78 is 9.42. The minimum Gasteiger partial charge on any atom is -0.459 e. The van der Waals surface area contributed by atoms with E-state index in [9.17, 15) is 24.3 Å². The number of ether oxygens (including phenoxy) is 2. The normalized spacial score (nSPS) is 13.6. The first-order valence-electron chi connectivity index (χ1n) is 10.4. The van der Waals surface area contributed by atoms with Gasteiger partial charge in [0, 0.05) is 20.1 Å². The van der Waals surface area contributed by atoms with E-state index < -0.39 is 30.3 Å². The van der Waals surface area contributed by atoms with Crippen LogP contribution in [0.15, 0.2) is 0 Å². The van der Waals surface area contributed by atoms with Crippen molar-refractivity contribution < 1.29 is 33.8 Å². The largest absolute Gasteiger partial charge is 0.459 e. The molecule has 31 heavy (non-hydrogen) atoms. The third-order valence-electron chi connectivity index (χ3n) is 4.29. The molecule has 0 aromatic carbocycles. The third kappa shape index (κ3) is 14.4. The van der Waals surface area contributed by atoms with E-state index in [2.05, 4.69) is 20.7 Å². The summed E-state index contributed by atoms with van der Waals surface area (Å²) in [5.41, 5.74) is 10.7. The molecule has 3 atom stereocenters. The lowest BCUT2D eigenvalue weighted by molar-refractivity contribution is -0.163. The number of aliphatic hydroxyl groups is 1. The van der Waals surface area contributed by atoms with Crippen LogP contribution in [0.2, 0.25) is 0 Å². The zero-order valence-electron chi connectivity index (χ0n) is 18.4. The summed E-state index contributed by atoms with van der Waals surface area (Å²) in [5, 5.41) is 17.1. The fraction of sp³-hybridized carbons (Fsp3) is 0.789. The van der Waals surface area contributed by atoms with Crippen molar-refractivity contribution in [2.75, 3.05) is 33.4 Å². The molecule has 0 aromatic heterocycles. The average molecular weight is 448 g/mol. The zero-order chi connectivity index (χ0) is 23.6. The van der Waals surface area contributed by atoms with Crippen molar-refractivity contribution in [1.29, 1.82) is 0 Å². The predicted octanol–water partition coefficient (Wildman–Crippen LogP) is -2.14. The van der Waals surface area contributed by atoms with Crippen LogP contribution < -0.4 is 27.4 Å². The second kappa shape index (κ2) is 17.4. The molecular formula is C19H37N5O7. The SMILES string of the molecule is COC(O)COC(=O)C(C)NC(=O)[C@H](CCCCN)NC(=O)CCCCNC(=O)CN. The van der Waals surface area contributed by atoms with Crippen LogP contribution in [0.25, 0.3) is 0 Å². The Morgan fingerprint density at radius 3 is 2.32 bits per heavy atom. The number of unbranched alkanes of at least 4 members (excludes halogenated alkanes) is 2. The minimum atomic E-state index is -1.25. The lowest BCUT2D eigenvalue weighted by Gasteiger charge is -2.21. The van der Waals surface area contributed by atoms with Crippen LogP contribution in [-0.4, -0.2) is 80.5 Å². The Balaban J connectivity index is 4.56. The predicted molar refractivity (Wildman–Crippen MR) is 112 cm³/mol. The lowest BCUT2D eigenvalue weighted by atomic mass is 10.1. The van der Waals surface area contributed by atoms with Crippen molar-refractivity contribution in [2.24, 2.45) is 11.5 Å². The van der Waals surface area contributed by atoms with E-state index in [0.717, 1.165) is 0 Å². The summed E-state index contributed by atoms with van der Waals surface area (Å²) in [6.07, 6.45) is 1.74. The minimum absolute atomic E-state index is 0.0843. The first-order valence-corrected chi connectivity index (χ1v) is 10.4. The third-order valence-corrected chi connectivity index (χ3v) is 4.29. The maximum Gasteiger partial charge on any atom is 0.328 e. The molecule has 0 saturated carbocycles. The van der Waals surface area contributed by atoms with Gasteiger partial charge in [-0.05, 0) is 45.6 Å². The monoisotopic (exact) mass is 447 g/mol. The van der Waals surface area contributed by atoms with E-state index in [1.807, 2.05) is 0 Å². The molecule has 0 fully saturated rings. The standard InChI is InChI=1S/C19H37N5O7/c1-13(19(29)31-12-17(27)30-2)23-18(28)14(7-3-5-9-20)24-15(25)8-4-6-10-22-16(26)11-21/h13-14,17,27H,3-12,20-21H2,1-2H3,(H,22,26)(H,23,28)(H,24,25)/t13?,14-,17?/m0/s1. The van der Waals surface area contributed by atoms with Gasteiger partial charge in [-0.1, -0.05) is 0 Å².